The number of para-hydroxylation sites is 1. The molecule has 5 nitrogen and oxygen atoms in total. The standard InChI is InChI=1S/C18H13Cl3N4O/c19-11-4-1-3-10(7-11)8-15-23-17(12(9-22)18(26)24-15)25-16-13(20)5-2-6-14(16)21/h1-7,9,22H,8H2,(H2,23,24,25,26). The summed E-state index contributed by atoms with van der Waals surface area (Å²) in [7, 11) is 0. The first kappa shape index (κ1) is 18.5. The SMILES string of the molecule is N=Cc1c(Nc2c(Cl)cccc2Cl)nc(Cc2cccc(Cl)c2)[nH]c1=O. The third kappa shape index (κ3) is 4.07. The first-order valence-electron chi connectivity index (χ1n) is 7.57. The van der Waals surface area contributed by atoms with Crippen LogP contribution in [0.2, 0.25) is 15.1 Å². The van der Waals surface area contributed by atoms with Gasteiger partial charge in [-0.05, 0) is 29.8 Å². The summed E-state index contributed by atoms with van der Waals surface area (Å²) in [6.07, 6.45) is 1.31. The monoisotopic (exact) mass is 406 g/mol. The molecule has 0 atom stereocenters. The summed E-state index contributed by atoms with van der Waals surface area (Å²) >= 11 is 18.3. The number of hydrogen-bond donors (Lipinski definition) is 3. The second-order valence-corrected chi connectivity index (χ2v) is 6.70. The average molecular weight is 408 g/mol. The third-order valence-electron chi connectivity index (χ3n) is 3.62. The molecule has 0 saturated carbocycles. The Hall–Kier alpha value is -2.34. The van der Waals surface area contributed by atoms with E-state index in [-0.39, 0.29) is 11.4 Å². The molecule has 0 aliphatic heterocycles. The van der Waals surface area contributed by atoms with Crippen LogP contribution in [0, 0.1) is 5.41 Å². The number of rotatable bonds is 5. The molecule has 0 fully saturated rings. The van der Waals surface area contributed by atoms with Crippen LogP contribution in [-0.2, 0) is 6.42 Å². The van der Waals surface area contributed by atoms with E-state index in [0.29, 0.717) is 33.0 Å². The Labute approximate surface area is 164 Å². The molecule has 0 bridgehead atoms. The largest absolute Gasteiger partial charge is 0.337 e. The summed E-state index contributed by atoms with van der Waals surface area (Å²) < 4.78 is 0. The van der Waals surface area contributed by atoms with Crippen LogP contribution in [0.25, 0.3) is 0 Å². The Morgan fingerprint density at radius 1 is 1.12 bits per heavy atom. The van der Waals surface area contributed by atoms with E-state index >= 15 is 0 Å². The van der Waals surface area contributed by atoms with E-state index in [0.717, 1.165) is 11.8 Å². The second kappa shape index (κ2) is 7.91. The summed E-state index contributed by atoms with van der Waals surface area (Å²) in [6, 6.07) is 12.3. The van der Waals surface area contributed by atoms with Crippen molar-refractivity contribution in [2.45, 2.75) is 6.42 Å². The molecule has 0 radical (unpaired) electrons. The topological polar surface area (TPSA) is 81.6 Å². The minimum atomic E-state index is -0.433. The van der Waals surface area contributed by atoms with Gasteiger partial charge in [-0.25, -0.2) is 4.98 Å². The fraction of sp³-hybridized carbons (Fsp3) is 0.0556. The Balaban J connectivity index is 2.02. The predicted molar refractivity (Wildman–Crippen MR) is 107 cm³/mol. The Kier molecular flexibility index (Phi) is 5.61. The quantitative estimate of drug-likeness (QED) is 0.517. The molecule has 3 aromatic rings. The van der Waals surface area contributed by atoms with Crippen LogP contribution in [-0.4, -0.2) is 16.2 Å². The minimum absolute atomic E-state index is 0.0795. The number of benzene rings is 2. The molecule has 1 aromatic heterocycles. The maximum Gasteiger partial charge on any atom is 0.261 e. The molecular formula is C18H13Cl3N4O. The van der Waals surface area contributed by atoms with Crippen molar-refractivity contribution in [2.75, 3.05) is 5.32 Å². The van der Waals surface area contributed by atoms with Gasteiger partial charge in [0.2, 0.25) is 0 Å². The lowest BCUT2D eigenvalue weighted by atomic mass is 10.1. The van der Waals surface area contributed by atoms with Crippen LogP contribution >= 0.6 is 34.8 Å². The summed E-state index contributed by atoms with van der Waals surface area (Å²) in [6.45, 7) is 0. The highest BCUT2D eigenvalue weighted by atomic mass is 35.5. The highest BCUT2D eigenvalue weighted by molar-refractivity contribution is 6.39. The zero-order chi connectivity index (χ0) is 18.7. The molecule has 1 heterocycles. The van der Waals surface area contributed by atoms with Gasteiger partial charge in [0.1, 0.15) is 11.6 Å². The Morgan fingerprint density at radius 2 is 1.81 bits per heavy atom. The summed E-state index contributed by atoms with van der Waals surface area (Å²) in [5.74, 6) is 0.629. The molecule has 3 rings (SSSR count). The minimum Gasteiger partial charge on any atom is -0.337 e. The summed E-state index contributed by atoms with van der Waals surface area (Å²) in [4.78, 5) is 19.4. The van der Waals surface area contributed by atoms with E-state index in [2.05, 4.69) is 15.3 Å². The van der Waals surface area contributed by atoms with E-state index in [1.54, 1.807) is 30.3 Å². The van der Waals surface area contributed by atoms with Crippen molar-refractivity contribution >= 4 is 52.5 Å². The van der Waals surface area contributed by atoms with Gasteiger partial charge in [0.05, 0.1) is 21.3 Å². The Morgan fingerprint density at radius 3 is 2.46 bits per heavy atom. The summed E-state index contributed by atoms with van der Waals surface area (Å²) in [5.41, 5.74) is 0.962. The van der Waals surface area contributed by atoms with Crippen LogP contribution in [0.3, 0.4) is 0 Å². The first-order chi connectivity index (χ1) is 12.5. The molecule has 8 heteroatoms. The molecule has 0 aliphatic rings. The lowest BCUT2D eigenvalue weighted by Gasteiger charge is -2.12. The fourth-order valence-corrected chi connectivity index (χ4v) is 3.12. The van der Waals surface area contributed by atoms with Gasteiger partial charge in [-0.1, -0.05) is 53.0 Å². The van der Waals surface area contributed by atoms with Crippen LogP contribution < -0.4 is 10.9 Å². The lowest BCUT2D eigenvalue weighted by Crippen LogP contribution is -2.19. The van der Waals surface area contributed by atoms with Crippen molar-refractivity contribution < 1.29 is 0 Å². The van der Waals surface area contributed by atoms with Crippen molar-refractivity contribution in [3.05, 3.63) is 84.8 Å². The summed E-state index contributed by atoms with van der Waals surface area (Å²) in [5, 5.41) is 11.8. The first-order valence-corrected chi connectivity index (χ1v) is 8.70. The van der Waals surface area contributed by atoms with E-state index in [1.165, 1.54) is 0 Å². The Bertz CT molecular complexity index is 1010. The zero-order valence-electron chi connectivity index (χ0n) is 13.3. The van der Waals surface area contributed by atoms with Crippen molar-refractivity contribution in [1.82, 2.24) is 9.97 Å². The third-order valence-corrected chi connectivity index (χ3v) is 4.48. The van der Waals surface area contributed by atoms with Crippen molar-refractivity contribution in [2.24, 2.45) is 0 Å². The van der Waals surface area contributed by atoms with E-state index in [4.69, 9.17) is 40.2 Å². The second-order valence-electron chi connectivity index (χ2n) is 5.45. The molecule has 0 saturated heterocycles. The van der Waals surface area contributed by atoms with Gasteiger partial charge >= 0.3 is 0 Å². The van der Waals surface area contributed by atoms with E-state index in [9.17, 15) is 4.79 Å². The molecule has 26 heavy (non-hydrogen) atoms. The van der Waals surface area contributed by atoms with Crippen molar-refractivity contribution in [3.63, 3.8) is 0 Å². The highest BCUT2D eigenvalue weighted by Crippen LogP contribution is 2.32. The van der Waals surface area contributed by atoms with Gasteiger partial charge in [-0.2, -0.15) is 0 Å². The number of aromatic nitrogens is 2. The number of nitrogens with zero attached hydrogens (tertiary/aromatic N) is 1. The van der Waals surface area contributed by atoms with Crippen molar-refractivity contribution in [3.8, 4) is 0 Å². The van der Waals surface area contributed by atoms with Gasteiger partial charge in [-0.3, -0.25) is 4.79 Å². The maximum absolute atomic E-state index is 12.3. The van der Waals surface area contributed by atoms with Crippen LogP contribution in [0.4, 0.5) is 11.5 Å². The zero-order valence-corrected chi connectivity index (χ0v) is 15.6. The predicted octanol–water partition coefficient (Wildman–Crippen LogP) is 5.06. The molecule has 0 unspecified atom stereocenters. The maximum atomic E-state index is 12.3. The number of halogens is 3. The van der Waals surface area contributed by atoms with Gasteiger partial charge in [0.15, 0.2) is 0 Å². The molecule has 3 N–H and O–H groups in total. The smallest absolute Gasteiger partial charge is 0.261 e. The number of aromatic amines is 1. The fourth-order valence-electron chi connectivity index (χ4n) is 2.42. The van der Waals surface area contributed by atoms with E-state index in [1.807, 2.05) is 12.1 Å². The number of H-pyrrole nitrogens is 1. The molecular weight excluding hydrogens is 395 g/mol. The molecule has 0 spiro atoms. The van der Waals surface area contributed by atoms with Gasteiger partial charge in [0, 0.05) is 17.7 Å². The van der Waals surface area contributed by atoms with E-state index < -0.39 is 5.56 Å². The van der Waals surface area contributed by atoms with Gasteiger partial charge in [-0.15, -0.1) is 0 Å². The molecule has 0 amide bonds. The van der Waals surface area contributed by atoms with Crippen LogP contribution in [0.15, 0.2) is 47.3 Å². The highest BCUT2D eigenvalue weighted by Gasteiger charge is 2.14. The lowest BCUT2D eigenvalue weighted by molar-refractivity contribution is 0.947. The average Bonchev–Trinajstić information content (AvgIpc) is 2.58. The normalized spacial score (nSPS) is 10.6. The molecule has 0 aliphatic carbocycles. The van der Waals surface area contributed by atoms with Crippen LogP contribution in [0.1, 0.15) is 17.0 Å². The number of hydrogen-bond acceptors (Lipinski definition) is 4. The van der Waals surface area contributed by atoms with Gasteiger partial charge < -0.3 is 15.7 Å². The number of nitrogens with one attached hydrogen (secondary N) is 3. The van der Waals surface area contributed by atoms with Gasteiger partial charge in [0.25, 0.3) is 5.56 Å². The van der Waals surface area contributed by atoms with Crippen molar-refractivity contribution in [1.29, 1.82) is 5.41 Å². The molecule has 2 aromatic carbocycles. The number of anilines is 2. The van der Waals surface area contributed by atoms with Crippen LogP contribution in [0.5, 0.6) is 0 Å². The molecule has 132 valence electrons.